The summed E-state index contributed by atoms with van der Waals surface area (Å²) in [7, 11) is 0. The lowest BCUT2D eigenvalue weighted by Crippen LogP contribution is -2.53. The molecule has 0 radical (unpaired) electrons. The van der Waals surface area contributed by atoms with Gasteiger partial charge in [-0.1, -0.05) is 18.2 Å². The van der Waals surface area contributed by atoms with Gasteiger partial charge in [0.15, 0.2) is 0 Å². The lowest BCUT2D eigenvalue weighted by Gasteiger charge is -2.55. The van der Waals surface area contributed by atoms with Gasteiger partial charge >= 0.3 is 0 Å². The van der Waals surface area contributed by atoms with Crippen LogP contribution in [0, 0.1) is 23.2 Å². The highest BCUT2D eigenvalue weighted by molar-refractivity contribution is 5.83. The fourth-order valence-corrected chi connectivity index (χ4v) is 6.34. The second kappa shape index (κ2) is 7.47. The molecular weight excluding hydrogens is 360 g/mol. The number of hydrogen-bond donors (Lipinski definition) is 1. The largest absolute Gasteiger partial charge is 0.487 e. The standard InChI is InChI=1S/C25H30N2O2/c1-17(21-5-4-7-23(12-21)29-16-22-6-2-3-8-26-22)27-24(28)25-13-18-9-19(14-25)11-20(10-18)15-25/h2-8,12,17-20H,9-11,13-16H2,1H3,(H,27,28). The van der Waals surface area contributed by atoms with Crippen molar-refractivity contribution >= 4 is 5.91 Å². The Kier molecular flexibility index (Phi) is 4.81. The van der Waals surface area contributed by atoms with Gasteiger partial charge in [0.25, 0.3) is 0 Å². The molecule has 1 heterocycles. The van der Waals surface area contributed by atoms with Crippen molar-refractivity contribution in [1.82, 2.24) is 10.3 Å². The summed E-state index contributed by atoms with van der Waals surface area (Å²) in [6.45, 7) is 2.52. The van der Waals surface area contributed by atoms with Crippen molar-refractivity contribution in [3.05, 3.63) is 59.9 Å². The molecule has 4 bridgehead atoms. The highest BCUT2D eigenvalue weighted by Gasteiger charge is 2.54. The number of carbonyl (C=O) groups excluding carboxylic acids is 1. The highest BCUT2D eigenvalue weighted by Crippen LogP contribution is 2.60. The van der Waals surface area contributed by atoms with Gasteiger partial charge in [0, 0.05) is 11.6 Å². The SMILES string of the molecule is CC(NC(=O)C12CC3CC(CC(C3)C1)C2)c1cccc(OCc2ccccn2)c1. The Balaban J connectivity index is 1.24. The minimum atomic E-state index is -0.101. The van der Waals surface area contributed by atoms with Crippen LogP contribution in [0.5, 0.6) is 5.75 Å². The Bertz CT molecular complexity index is 844. The smallest absolute Gasteiger partial charge is 0.226 e. The van der Waals surface area contributed by atoms with Gasteiger partial charge in [0.1, 0.15) is 12.4 Å². The molecule has 1 amide bonds. The quantitative estimate of drug-likeness (QED) is 0.750. The van der Waals surface area contributed by atoms with Gasteiger partial charge in [-0.3, -0.25) is 9.78 Å². The van der Waals surface area contributed by atoms with Gasteiger partial charge in [-0.15, -0.1) is 0 Å². The number of aromatic nitrogens is 1. The van der Waals surface area contributed by atoms with Crippen molar-refractivity contribution in [3.8, 4) is 5.75 Å². The lowest BCUT2D eigenvalue weighted by atomic mass is 9.49. The zero-order chi connectivity index (χ0) is 19.8. The zero-order valence-corrected chi connectivity index (χ0v) is 17.1. The number of carbonyl (C=O) groups is 1. The van der Waals surface area contributed by atoms with Crippen LogP contribution in [0.4, 0.5) is 0 Å². The Morgan fingerprint density at radius 2 is 1.83 bits per heavy atom. The van der Waals surface area contributed by atoms with Crippen LogP contribution < -0.4 is 10.1 Å². The second-order valence-electron chi connectivity index (χ2n) is 9.58. The maximum absolute atomic E-state index is 13.3. The number of nitrogens with zero attached hydrogens (tertiary/aromatic N) is 1. The predicted molar refractivity (Wildman–Crippen MR) is 112 cm³/mol. The number of rotatable bonds is 6. The second-order valence-corrected chi connectivity index (χ2v) is 9.58. The van der Waals surface area contributed by atoms with Crippen LogP contribution in [-0.2, 0) is 11.4 Å². The number of pyridine rings is 1. The van der Waals surface area contributed by atoms with Gasteiger partial charge in [0.05, 0.1) is 11.7 Å². The van der Waals surface area contributed by atoms with Crippen molar-refractivity contribution in [1.29, 1.82) is 0 Å². The Labute approximate surface area is 173 Å². The average molecular weight is 391 g/mol. The monoisotopic (exact) mass is 390 g/mol. The molecule has 4 heteroatoms. The van der Waals surface area contributed by atoms with Crippen LogP contribution in [-0.4, -0.2) is 10.9 Å². The lowest BCUT2D eigenvalue weighted by molar-refractivity contribution is -0.147. The summed E-state index contributed by atoms with van der Waals surface area (Å²) >= 11 is 0. The molecule has 4 aliphatic carbocycles. The molecule has 29 heavy (non-hydrogen) atoms. The molecule has 1 aromatic carbocycles. The van der Waals surface area contributed by atoms with Crippen molar-refractivity contribution in [3.63, 3.8) is 0 Å². The molecule has 1 N–H and O–H groups in total. The minimum Gasteiger partial charge on any atom is -0.487 e. The number of nitrogens with one attached hydrogen (secondary N) is 1. The Morgan fingerprint density at radius 3 is 2.48 bits per heavy atom. The molecule has 4 nitrogen and oxygen atoms in total. The average Bonchev–Trinajstić information content (AvgIpc) is 2.72. The normalized spacial score (nSPS) is 30.7. The highest BCUT2D eigenvalue weighted by atomic mass is 16.5. The van der Waals surface area contributed by atoms with Gasteiger partial charge in [-0.05, 0) is 93.0 Å². The van der Waals surface area contributed by atoms with E-state index < -0.39 is 0 Å². The molecule has 1 aromatic heterocycles. The molecule has 4 fully saturated rings. The summed E-state index contributed by atoms with van der Waals surface area (Å²) in [4.78, 5) is 17.6. The van der Waals surface area contributed by atoms with Crippen molar-refractivity contribution in [2.75, 3.05) is 0 Å². The van der Waals surface area contributed by atoms with E-state index in [0.717, 1.165) is 54.0 Å². The van der Waals surface area contributed by atoms with Gasteiger partial charge in [-0.25, -0.2) is 0 Å². The molecule has 6 rings (SSSR count). The summed E-state index contributed by atoms with van der Waals surface area (Å²) in [5, 5.41) is 3.35. The first-order valence-corrected chi connectivity index (χ1v) is 11.0. The summed E-state index contributed by atoms with van der Waals surface area (Å²) in [5.41, 5.74) is 1.89. The Morgan fingerprint density at radius 1 is 1.10 bits per heavy atom. The maximum atomic E-state index is 13.3. The first kappa shape index (κ1) is 18.7. The number of amides is 1. The van der Waals surface area contributed by atoms with Crippen molar-refractivity contribution in [2.24, 2.45) is 23.2 Å². The van der Waals surface area contributed by atoms with E-state index in [1.807, 2.05) is 36.4 Å². The zero-order valence-electron chi connectivity index (χ0n) is 17.1. The summed E-state index contributed by atoms with van der Waals surface area (Å²) in [6.07, 6.45) is 9.16. The summed E-state index contributed by atoms with van der Waals surface area (Å²) in [5.74, 6) is 3.44. The van der Waals surface area contributed by atoms with Crippen LogP contribution in [0.25, 0.3) is 0 Å². The molecule has 1 unspecified atom stereocenters. The van der Waals surface area contributed by atoms with E-state index in [2.05, 4.69) is 23.3 Å². The van der Waals surface area contributed by atoms with Crippen LogP contribution in [0.15, 0.2) is 48.7 Å². The first-order valence-electron chi connectivity index (χ1n) is 11.0. The summed E-state index contributed by atoms with van der Waals surface area (Å²) in [6, 6.07) is 13.9. The molecule has 0 saturated heterocycles. The van der Waals surface area contributed by atoms with Crippen LogP contribution in [0.1, 0.15) is 62.7 Å². The predicted octanol–water partition coefficient (Wildman–Crippen LogP) is 5.05. The van der Waals surface area contributed by atoms with Gasteiger partial charge in [0.2, 0.25) is 5.91 Å². The van der Waals surface area contributed by atoms with E-state index in [1.54, 1.807) is 6.20 Å². The van der Waals surface area contributed by atoms with E-state index in [0.29, 0.717) is 6.61 Å². The molecule has 2 aromatic rings. The number of benzene rings is 1. The van der Waals surface area contributed by atoms with Crippen LogP contribution in [0.2, 0.25) is 0 Å². The molecule has 4 aliphatic rings. The first-order chi connectivity index (χ1) is 14.1. The summed E-state index contributed by atoms with van der Waals surface area (Å²) < 4.78 is 5.91. The van der Waals surface area contributed by atoms with E-state index in [-0.39, 0.29) is 17.4 Å². The number of hydrogen-bond acceptors (Lipinski definition) is 3. The molecule has 4 saturated carbocycles. The fourth-order valence-electron chi connectivity index (χ4n) is 6.34. The van der Waals surface area contributed by atoms with Crippen LogP contribution in [0.3, 0.4) is 0 Å². The molecule has 152 valence electrons. The molecular formula is C25H30N2O2. The van der Waals surface area contributed by atoms with Crippen molar-refractivity contribution < 1.29 is 9.53 Å². The fraction of sp³-hybridized carbons (Fsp3) is 0.520. The van der Waals surface area contributed by atoms with E-state index >= 15 is 0 Å². The van der Waals surface area contributed by atoms with E-state index in [1.165, 1.54) is 19.3 Å². The third kappa shape index (κ3) is 3.77. The van der Waals surface area contributed by atoms with Crippen molar-refractivity contribution in [2.45, 2.75) is 58.1 Å². The molecule has 1 atom stereocenters. The molecule has 0 aliphatic heterocycles. The third-order valence-corrected chi connectivity index (χ3v) is 7.34. The minimum absolute atomic E-state index is 0.0195. The van der Waals surface area contributed by atoms with Gasteiger partial charge in [-0.2, -0.15) is 0 Å². The van der Waals surface area contributed by atoms with E-state index in [4.69, 9.17) is 4.74 Å². The topological polar surface area (TPSA) is 51.2 Å². The molecule has 0 spiro atoms. The third-order valence-electron chi connectivity index (χ3n) is 7.34. The maximum Gasteiger partial charge on any atom is 0.226 e. The Hall–Kier alpha value is -2.36. The van der Waals surface area contributed by atoms with E-state index in [9.17, 15) is 4.79 Å². The van der Waals surface area contributed by atoms with Crippen LogP contribution >= 0.6 is 0 Å². The van der Waals surface area contributed by atoms with Gasteiger partial charge < -0.3 is 10.1 Å². The number of ether oxygens (including phenoxy) is 1.